The summed E-state index contributed by atoms with van der Waals surface area (Å²) in [6, 6.07) is 9.43. The van der Waals surface area contributed by atoms with Gasteiger partial charge >= 0.3 is 0 Å². The zero-order valence-corrected chi connectivity index (χ0v) is 25.5. The minimum Gasteiger partial charge on any atom is -0.336 e. The van der Waals surface area contributed by atoms with Crippen molar-refractivity contribution < 1.29 is 4.79 Å². The Balaban J connectivity index is 1.29. The van der Waals surface area contributed by atoms with Gasteiger partial charge in [-0.1, -0.05) is 100 Å². The van der Waals surface area contributed by atoms with E-state index in [0.717, 1.165) is 19.5 Å². The predicted octanol–water partition coefficient (Wildman–Crippen LogP) is 7.73. The summed E-state index contributed by atoms with van der Waals surface area (Å²) < 4.78 is 0.483. The van der Waals surface area contributed by atoms with Crippen LogP contribution in [0.4, 0.5) is 0 Å². The van der Waals surface area contributed by atoms with Crippen LogP contribution in [0, 0.1) is 12.8 Å². The maximum absolute atomic E-state index is 14.1. The van der Waals surface area contributed by atoms with Crippen LogP contribution in [0.25, 0.3) is 0 Å². The van der Waals surface area contributed by atoms with Gasteiger partial charge in [-0.15, -0.1) is 11.8 Å². The minimum atomic E-state index is 0.276. The molecule has 2 saturated carbocycles. The number of benzene rings is 1. The number of hydrogen-bond donors (Lipinski definition) is 2. The molecule has 3 unspecified atom stereocenters. The fourth-order valence-corrected chi connectivity index (χ4v) is 9.93. The first-order valence-corrected chi connectivity index (χ1v) is 17.5. The molecule has 2 heterocycles. The molecule has 5 rings (SSSR count). The topological polar surface area (TPSA) is 44.4 Å². The van der Waals surface area contributed by atoms with Crippen molar-refractivity contribution >= 4 is 17.7 Å². The second kappa shape index (κ2) is 14.7. The molecule has 39 heavy (non-hydrogen) atoms. The molecule has 2 saturated heterocycles. The van der Waals surface area contributed by atoms with Gasteiger partial charge in [-0.25, -0.2) is 0 Å². The molecule has 3 atom stereocenters. The minimum absolute atomic E-state index is 0.276. The van der Waals surface area contributed by atoms with Crippen molar-refractivity contribution in [3.63, 3.8) is 0 Å². The van der Waals surface area contributed by atoms with E-state index in [2.05, 4.69) is 58.7 Å². The largest absolute Gasteiger partial charge is 0.336 e. The van der Waals surface area contributed by atoms with E-state index in [1.54, 1.807) is 0 Å². The number of nitrogens with zero attached hydrogens (tertiary/aromatic N) is 1. The van der Waals surface area contributed by atoms with Crippen molar-refractivity contribution in [1.82, 2.24) is 15.8 Å². The average Bonchev–Trinajstić information content (AvgIpc) is 3.58. The van der Waals surface area contributed by atoms with Gasteiger partial charge in [-0.05, 0) is 63.4 Å². The lowest BCUT2D eigenvalue weighted by atomic mass is 9.83. The highest BCUT2D eigenvalue weighted by molar-refractivity contribution is 8.01. The van der Waals surface area contributed by atoms with Crippen molar-refractivity contribution in [2.24, 2.45) is 5.92 Å². The zero-order valence-electron chi connectivity index (χ0n) is 24.7. The summed E-state index contributed by atoms with van der Waals surface area (Å²) >= 11 is 2.29. The summed E-state index contributed by atoms with van der Waals surface area (Å²) in [7, 11) is 0. The Hall–Kier alpha value is -1.04. The SMILES string of the molecule is Cc1ccc(CCC(=O)N(CC2CCC3(CCCCCCCC3)S2)C2CNNC2C2CCCCCCC2)cc1. The molecular formula is C34H55N3OS. The van der Waals surface area contributed by atoms with Crippen LogP contribution >= 0.6 is 11.8 Å². The Labute approximate surface area is 243 Å². The smallest absolute Gasteiger partial charge is 0.223 e. The molecule has 1 spiro atoms. The first-order valence-electron chi connectivity index (χ1n) is 16.6. The van der Waals surface area contributed by atoms with Crippen molar-refractivity contribution in [3.8, 4) is 0 Å². The third kappa shape index (κ3) is 8.26. The first-order chi connectivity index (χ1) is 19.1. The summed E-state index contributed by atoms with van der Waals surface area (Å²) in [5, 5.41) is 0.590. The molecule has 0 bridgehead atoms. The van der Waals surface area contributed by atoms with Gasteiger partial charge in [0.25, 0.3) is 0 Å². The van der Waals surface area contributed by atoms with Gasteiger partial charge in [0.1, 0.15) is 0 Å². The van der Waals surface area contributed by atoms with Crippen LogP contribution in [0.1, 0.15) is 127 Å². The number of aryl methyl sites for hydroxylation is 2. The van der Waals surface area contributed by atoms with Crippen LogP contribution < -0.4 is 10.9 Å². The van der Waals surface area contributed by atoms with Crippen LogP contribution in [0.15, 0.2) is 24.3 Å². The van der Waals surface area contributed by atoms with Crippen molar-refractivity contribution in [2.75, 3.05) is 13.1 Å². The Bertz CT molecular complexity index is 871. The van der Waals surface area contributed by atoms with E-state index < -0.39 is 0 Å². The first kappa shape index (κ1) is 29.5. The molecule has 1 amide bonds. The predicted molar refractivity (Wildman–Crippen MR) is 166 cm³/mol. The summed E-state index contributed by atoms with van der Waals surface area (Å²) in [4.78, 5) is 16.5. The fraction of sp³-hybridized carbons (Fsp3) is 0.794. The summed E-state index contributed by atoms with van der Waals surface area (Å²) in [6.07, 6.45) is 24.9. The summed E-state index contributed by atoms with van der Waals surface area (Å²) in [5.41, 5.74) is 9.79. The molecule has 1 aromatic carbocycles. The standard InChI is InChI=1S/C34H55N3OS/c1-27-15-17-28(18-16-27)19-20-32(38)37(31-25-35-36-33(31)29-13-9-5-4-6-10-14-29)26-30-21-24-34(39-30)22-11-7-2-3-8-12-23-34/h15-18,29-31,33,35-36H,2-14,19-26H2,1H3. The second-order valence-electron chi connectivity index (χ2n) is 13.3. The van der Waals surface area contributed by atoms with Gasteiger partial charge in [-0.3, -0.25) is 15.6 Å². The molecule has 4 fully saturated rings. The molecule has 4 nitrogen and oxygen atoms in total. The van der Waals surface area contributed by atoms with Gasteiger partial charge < -0.3 is 4.90 Å². The number of carbonyl (C=O) groups excluding carboxylic acids is 1. The molecule has 0 radical (unpaired) electrons. The van der Waals surface area contributed by atoms with E-state index in [1.807, 2.05) is 0 Å². The highest BCUT2D eigenvalue weighted by atomic mass is 32.2. The summed E-state index contributed by atoms with van der Waals surface area (Å²) in [5.74, 6) is 1.05. The van der Waals surface area contributed by atoms with Crippen molar-refractivity contribution in [3.05, 3.63) is 35.4 Å². The number of amides is 1. The molecule has 5 heteroatoms. The molecule has 2 aliphatic heterocycles. The number of rotatable bonds is 7. The van der Waals surface area contributed by atoms with Crippen LogP contribution in [0.2, 0.25) is 0 Å². The number of nitrogens with one attached hydrogen (secondary N) is 2. The quantitative estimate of drug-likeness (QED) is 0.363. The molecule has 218 valence electrons. The number of thioether (sulfide) groups is 1. The van der Waals surface area contributed by atoms with Crippen LogP contribution in [-0.4, -0.2) is 46.0 Å². The summed E-state index contributed by atoms with van der Waals surface area (Å²) in [6.45, 7) is 3.96. The fourth-order valence-electron chi connectivity index (χ4n) is 8.00. The third-order valence-corrected chi connectivity index (χ3v) is 12.2. The van der Waals surface area contributed by atoms with Crippen molar-refractivity contribution in [1.29, 1.82) is 0 Å². The van der Waals surface area contributed by atoms with E-state index in [-0.39, 0.29) is 6.04 Å². The van der Waals surface area contributed by atoms with Crippen LogP contribution in [-0.2, 0) is 11.2 Å². The highest BCUT2D eigenvalue weighted by Crippen LogP contribution is 2.50. The van der Waals surface area contributed by atoms with E-state index >= 15 is 0 Å². The second-order valence-corrected chi connectivity index (χ2v) is 15.1. The lowest BCUT2D eigenvalue weighted by Gasteiger charge is -2.38. The lowest BCUT2D eigenvalue weighted by Crippen LogP contribution is -2.53. The monoisotopic (exact) mass is 553 g/mol. The zero-order chi connectivity index (χ0) is 26.9. The normalized spacial score (nSPS) is 28.8. The molecular weight excluding hydrogens is 498 g/mol. The number of carbonyl (C=O) groups is 1. The van der Waals surface area contributed by atoms with E-state index in [9.17, 15) is 4.79 Å². The number of hydrogen-bond acceptors (Lipinski definition) is 4. The highest BCUT2D eigenvalue weighted by Gasteiger charge is 2.43. The Morgan fingerprint density at radius 3 is 2.21 bits per heavy atom. The van der Waals surface area contributed by atoms with Gasteiger partial charge in [0.2, 0.25) is 5.91 Å². The van der Waals surface area contributed by atoms with Gasteiger partial charge in [0.05, 0.1) is 6.04 Å². The van der Waals surface area contributed by atoms with Gasteiger partial charge in [0, 0.05) is 35.5 Å². The van der Waals surface area contributed by atoms with Gasteiger partial charge in [-0.2, -0.15) is 0 Å². The molecule has 4 aliphatic rings. The maximum atomic E-state index is 14.1. The Morgan fingerprint density at radius 1 is 0.872 bits per heavy atom. The molecule has 1 aromatic rings. The molecule has 2 N–H and O–H groups in total. The molecule has 2 aliphatic carbocycles. The van der Waals surface area contributed by atoms with E-state index in [0.29, 0.717) is 34.3 Å². The van der Waals surface area contributed by atoms with E-state index in [1.165, 1.54) is 120 Å². The Morgan fingerprint density at radius 2 is 1.51 bits per heavy atom. The maximum Gasteiger partial charge on any atom is 0.223 e. The average molecular weight is 554 g/mol. The van der Waals surface area contributed by atoms with Crippen LogP contribution in [0.3, 0.4) is 0 Å². The van der Waals surface area contributed by atoms with Crippen LogP contribution in [0.5, 0.6) is 0 Å². The Kier molecular flexibility index (Phi) is 11.1. The third-order valence-electron chi connectivity index (χ3n) is 10.4. The molecule has 0 aromatic heterocycles. The van der Waals surface area contributed by atoms with Crippen molar-refractivity contribution in [2.45, 2.75) is 151 Å². The van der Waals surface area contributed by atoms with E-state index in [4.69, 9.17) is 0 Å². The lowest BCUT2D eigenvalue weighted by molar-refractivity contribution is -0.133. The number of hydrazine groups is 1. The van der Waals surface area contributed by atoms with Gasteiger partial charge in [0.15, 0.2) is 0 Å².